The molecule has 13 rings (SSSR count). The van der Waals surface area contributed by atoms with Crippen LogP contribution in [0, 0.1) is 13.8 Å². The lowest BCUT2D eigenvalue weighted by Gasteiger charge is -2.26. The average molecular weight is 1460 g/mol. The zero-order valence-corrected chi connectivity index (χ0v) is 56.8. The first-order valence-electron chi connectivity index (χ1n) is 30.9. The van der Waals surface area contributed by atoms with Crippen LogP contribution in [0.1, 0.15) is 66.3 Å². The predicted octanol–water partition coefficient (Wildman–Crippen LogP) is 13.6. The minimum atomic E-state index is -4.50. The highest BCUT2D eigenvalue weighted by molar-refractivity contribution is 6.35. The molecule has 10 aromatic rings. The maximum Gasteiger partial charge on any atom is 0.416 e. The van der Waals surface area contributed by atoms with E-state index in [0.717, 1.165) is 103 Å². The SMILES string of the molecule is COc1cc(-n2cnc(N)c2)cc(OC)c1OC.COc1cc(-n2cnc(Nc3nc(N4CCC[C@H]4CO)c4ccc(C(F)(F)F)cc4n3)c2)cc(C)c1C.FC(F)(F)c1ccc2c(Cl)nc(Cl)nc2c1.OC[C@@H]1CCCN1.OC[C@@H]1CCCN1c1nc(Cl)nc2cc(C(F)(F)F)ccc12. The largest absolute Gasteiger partial charge is 0.496 e. The maximum atomic E-state index is 13.4. The van der Waals surface area contributed by atoms with E-state index in [4.69, 9.17) is 64.6 Å². The summed E-state index contributed by atoms with van der Waals surface area (Å²) in [5, 5.41) is 35.0. The number of aromatic nitrogens is 10. The Kier molecular flexibility index (Phi) is 24.5. The number of nitrogen functional groups attached to an aromatic ring is 1. The van der Waals surface area contributed by atoms with Crippen LogP contribution in [0.25, 0.3) is 44.1 Å². The van der Waals surface area contributed by atoms with E-state index in [1.54, 1.807) is 58.1 Å². The fourth-order valence-electron chi connectivity index (χ4n) is 11.3. The van der Waals surface area contributed by atoms with Crippen LogP contribution < -0.4 is 45.1 Å². The average Bonchev–Trinajstić information content (AvgIpc) is 1.31. The van der Waals surface area contributed by atoms with Crippen LogP contribution in [0.3, 0.4) is 0 Å². The molecular weight excluding hydrogens is 1390 g/mol. The quantitative estimate of drug-likeness (QED) is 0.0356. The van der Waals surface area contributed by atoms with E-state index in [9.17, 15) is 49.7 Å². The standard InChI is InChI=1S/C26H27F3N6O2.C14H13ClF3N3O.C12H15N3O3.C9H3Cl2F3N2.C5H11NO/c1-15-9-19(11-22(37-3)16(15)2)34-12-23(30-14-34)32-25-31-21-10-17(26(27,28)29)6-7-20(21)24(33-25)35-8-4-5-18(35)13-36;15-13-19-11-6-8(14(16,17)18)3-4-10(11)12(20-13)21-5-1-2-9(21)7-22;1-16-9-4-8(15-6-11(13)14-7-15)5-10(17-2)12(9)18-3;10-7-5-2-1-4(9(12,13)14)3-6(5)15-8(11)16-7;7-4-5-2-1-3-6-5/h6-7,9-12,14,18,36H,4-5,8,13H2,1-3H3,(H,31,32,33);3-4,6,9,22H,1-2,5,7H2;4-7H,13H2,1-3H3;1-3H;5-7H,1-4H2/t18-;9-;;;5-/m00..0/s1. The zero-order valence-electron chi connectivity index (χ0n) is 54.5. The molecule has 0 spiro atoms. The van der Waals surface area contributed by atoms with Crippen LogP contribution in [-0.4, -0.2) is 150 Å². The van der Waals surface area contributed by atoms with Crippen molar-refractivity contribution in [1.82, 2.24) is 54.3 Å². The molecule has 0 aliphatic carbocycles. The first-order valence-corrected chi connectivity index (χ1v) is 32.0. The van der Waals surface area contributed by atoms with Gasteiger partial charge in [0.15, 0.2) is 17.3 Å². The van der Waals surface area contributed by atoms with Crippen molar-refractivity contribution in [2.75, 3.05) is 88.7 Å². The summed E-state index contributed by atoms with van der Waals surface area (Å²) >= 11 is 17.1. The molecule has 0 unspecified atom stereocenters. The Bertz CT molecular complexity index is 4440. The van der Waals surface area contributed by atoms with Gasteiger partial charge in [-0.05, 0) is 154 Å². The minimum absolute atomic E-state index is 0.0312. The number of benzene rings is 5. The number of nitrogens with one attached hydrogen (secondary N) is 2. The van der Waals surface area contributed by atoms with Crippen LogP contribution in [0.15, 0.2) is 104 Å². The summed E-state index contributed by atoms with van der Waals surface area (Å²) in [4.78, 5) is 36.6. The van der Waals surface area contributed by atoms with E-state index >= 15 is 0 Å². The molecule has 5 aromatic carbocycles. The summed E-state index contributed by atoms with van der Waals surface area (Å²) < 4.78 is 141. The smallest absolute Gasteiger partial charge is 0.416 e. The number of alkyl halides is 9. The third-order valence-electron chi connectivity index (χ3n) is 16.5. The highest BCUT2D eigenvalue weighted by atomic mass is 35.5. The molecule has 22 nitrogen and oxygen atoms in total. The molecule has 3 saturated heterocycles. The highest BCUT2D eigenvalue weighted by Gasteiger charge is 2.35. The number of nitrogens with zero attached hydrogens (tertiary/aromatic N) is 12. The van der Waals surface area contributed by atoms with Crippen molar-refractivity contribution in [2.24, 2.45) is 0 Å². The van der Waals surface area contributed by atoms with E-state index in [1.165, 1.54) is 24.6 Å². The molecule has 3 aliphatic rings. The second-order valence-corrected chi connectivity index (χ2v) is 24.0. The number of aliphatic hydroxyl groups excluding tert-OH is 3. The van der Waals surface area contributed by atoms with Gasteiger partial charge in [0.1, 0.15) is 41.0 Å². The summed E-state index contributed by atoms with van der Waals surface area (Å²) in [6.07, 6.45) is -0.967. The first-order chi connectivity index (χ1) is 47.6. The molecule has 0 radical (unpaired) electrons. The summed E-state index contributed by atoms with van der Waals surface area (Å²) in [7, 11) is 6.33. The molecule has 100 heavy (non-hydrogen) atoms. The second kappa shape index (κ2) is 32.6. The van der Waals surface area contributed by atoms with E-state index in [-0.39, 0.29) is 63.5 Å². The van der Waals surface area contributed by atoms with Crippen LogP contribution in [-0.2, 0) is 18.5 Å². The fraction of sp³-hybridized carbons (Fsp3) is 0.364. The number of imidazole rings is 2. The van der Waals surface area contributed by atoms with Crippen LogP contribution in [0.4, 0.5) is 68.7 Å². The number of aryl methyl sites for hydroxylation is 1. The summed E-state index contributed by atoms with van der Waals surface area (Å²) in [6, 6.07) is 17.5. The second-order valence-electron chi connectivity index (χ2n) is 22.9. The Balaban J connectivity index is 0.000000159. The molecule has 3 fully saturated rings. The van der Waals surface area contributed by atoms with Crippen LogP contribution in [0.2, 0.25) is 15.7 Å². The van der Waals surface area contributed by atoms with Gasteiger partial charge in [-0.2, -0.15) is 49.5 Å². The molecule has 0 bridgehead atoms. The Labute approximate surface area is 581 Å². The van der Waals surface area contributed by atoms with Crippen molar-refractivity contribution in [2.45, 2.75) is 89.0 Å². The topological polar surface area (TPSA) is 267 Å². The molecule has 534 valence electrons. The van der Waals surface area contributed by atoms with Crippen molar-refractivity contribution in [3.8, 4) is 34.4 Å². The van der Waals surface area contributed by atoms with E-state index in [0.29, 0.717) is 82.4 Å². The maximum absolute atomic E-state index is 13.4. The number of methoxy groups -OCH3 is 4. The highest BCUT2D eigenvalue weighted by Crippen LogP contribution is 2.41. The van der Waals surface area contributed by atoms with Gasteiger partial charge >= 0.3 is 18.5 Å². The van der Waals surface area contributed by atoms with Gasteiger partial charge in [0.2, 0.25) is 22.3 Å². The molecule has 5 aromatic heterocycles. The number of anilines is 5. The lowest BCUT2D eigenvalue weighted by atomic mass is 10.1. The Morgan fingerprint density at radius 1 is 0.550 bits per heavy atom. The van der Waals surface area contributed by atoms with Crippen LogP contribution in [0.5, 0.6) is 23.0 Å². The van der Waals surface area contributed by atoms with Gasteiger partial charge in [-0.25, -0.2) is 29.9 Å². The van der Waals surface area contributed by atoms with Crippen molar-refractivity contribution in [3.05, 3.63) is 147 Å². The number of aliphatic hydroxyl groups is 3. The molecule has 0 saturated carbocycles. The number of fused-ring (bicyclic) bond motifs is 3. The van der Waals surface area contributed by atoms with Crippen molar-refractivity contribution < 1.29 is 73.8 Å². The number of hydrogen-bond donors (Lipinski definition) is 6. The normalized spacial score (nSPS) is 16.1. The zero-order chi connectivity index (χ0) is 72.4. The summed E-state index contributed by atoms with van der Waals surface area (Å²) in [6.45, 7) is 6.58. The Morgan fingerprint density at radius 3 is 1.50 bits per heavy atom. The van der Waals surface area contributed by atoms with E-state index in [2.05, 4.69) is 50.5 Å². The van der Waals surface area contributed by atoms with Gasteiger partial charge in [0, 0.05) is 53.5 Å². The molecule has 7 N–H and O–H groups in total. The van der Waals surface area contributed by atoms with Gasteiger partial charge in [-0.3, -0.25) is 0 Å². The van der Waals surface area contributed by atoms with Gasteiger partial charge in [0.05, 0.1) is 117 Å². The number of hydrogen-bond acceptors (Lipinski definition) is 20. The number of rotatable bonds is 13. The number of nitrogens with two attached hydrogens (primary N) is 1. The predicted molar refractivity (Wildman–Crippen MR) is 362 cm³/mol. The van der Waals surface area contributed by atoms with Gasteiger partial charge in [-0.1, -0.05) is 11.6 Å². The Morgan fingerprint density at radius 2 is 1.03 bits per heavy atom. The molecule has 8 heterocycles. The summed E-state index contributed by atoms with van der Waals surface area (Å²) in [5.41, 5.74) is 7.38. The Hall–Kier alpha value is -8.98. The molecule has 34 heteroatoms. The minimum Gasteiger partial charge on any atom is -0.496 e. The van der Waals surface area contributed by atoms with Crippen LogP contribution >= 0.6 is 34.8 Å². The van der Waals surface area contributed by atoms with E-state index in [1.807, 2.05) is 52.5 Å². The summed E-state index contributed by atoms with van der Waals surface area (Å²) in [5.74, 6) is 4.42. The monoisotopic (exact) mass is 1460 g/mol. The molecule has 0 amide bonds. The van der Waals surface area contributed by atoms with Gasteiger partial charge in [0.25, 0.3) is 0 Å². The van der Waals surface area contributed by atoms with Crippen molar-refractivity contribution >= 4 is 96.7 Å². The third-order valence-corrected chi connectivity index (χ3v) is 17.2. The fourth-order valence-corrected chi connectivity index (χ4v) is 11.9. The third kappa shape index (κ3) is 18.1. The molecule has 3 aliphatic heterocycles. The number of halogens is 12. The molecular formula is C66H69Cl3F9N15O7. The van der Waals surface area contributed by atoms with Crippen molar-refractivity contribution in [1.29, 1.82) is 0 Å². The van der Waals surface area contributed by atoms with Gasteiger partial charge in [-0.15, -0.1) is 0 Å². The molecule has 3 atom stereocenters. The lowest BCUT2D eigenvalue weighted by molar-refractivity contribution is -0.138. The van der Waals surface area contributed by atoms with Gasteiger partial charge < -0.3 is 69.6 Å². The van der Waals surface area contributed by atoms with E-state index < -0.39 is 35.2 Å². The number of ether oxygens (including phenoxy) is 4. The first kappa shape index (κ1) is 75.2. The lowest BCUT2D eigenvalue weighted by Crippen LogP contribution is -2.33. The van der Waals surface area contributed by atoms with Crippen molar-refractivity contribution in [3.63, 3.8) is 0 Å².